The van der Waals surface area contributed by atoms with Crippen LogP contribution in [0, 0.1) is 0 Å². The Hall–Kier alpha value is -3.74. The van der Waals surface area contributed by atoms with Crippen LogP contribution < -0.4 is 20.2 Å². The van der Waals surface area contributed by atoms with Crippen molar-refractivity contribution < 1.29 is 32.4 Å². The maximum Gasteiger partial charge on any atom is 0.491 e. The molecule has 0 atom stereocenters. The van der Waals surface area contributed by atoms with Crippen molar-refractivity contribution >= 4 is 40.1 Å². The molecule has 1 saturated heterocycles. The number of nitrogens with one attached hydrogen (secondary N) is 2. The second-order valence-corrected chi connectivity index (χ2v) is 12.1. The molecule has 1 amide bonds. The molecule has 0 aliphatic carbocycles. The highest BCUT2D eigenvalue weighted by Crippen LogP contribution is 2.31. The summed E-state index contributed by atoms with van der Waals surface area (Å²) in [5.74, 6) is 0.574. The number of hydrogen-bond acceptors (Lipinski definition) is 8. The van der Waals surface area contributed by atoms with Crippen LogP contribution in [0.25, 0.3) is 0 Å². The molecule has 2 aliphatic heterocycles. The van der Waals surface area contributed by atoms with Gasteiger partial charge in [-0.2, -0.15) is 0 Å². The molecule has 12 heteroatoms. The Morgan fingerprint density at radius 3 is 2.64 bits per heavy atom. The van der Waals surface area contributed by atoms with Crippen molar-refractivity contribution in [2.75, 3.05) is 29.7 Å². The molecule has 3 aromatic rings. The predicted octanol–water partition coefficient (Wildman–Crippen LogP) is 4.10. The van der Waals surface area contributed by atoms with Gasteiger partial charge in [0.25, 0.3) is 10.0 Å². The van der Waals surface area contributed by atoms with Crippen molar-refractivity contribution in [2.24, 2.45) is 0 Å². The molecule has 10 nitrogen and oxygen atoms in total. The van der Waals surface area contributed by atoms with Crippen molar-refractivity contribution in [3.05, 3.63) is 77.9 Å². The number of ether oxygens (including phenoxy) is 2. The number of anilines is 2. The molecule has 0 spiro atoms. The number of amides is 1. The van der Waals surface area contributed by atoms with E-state index in [-0.39, 0.29) is 30.2 Å². The summed E-state index contributed by atoms with van der Waals surface area (Å²) in [6.45, 7) is 4.07. The smallest absolute Gasteiger partial charge is 0.491 e. The fraction of sp³-hybridized carbons (Fsp3) is 0.367. The number of fused-ring (bicyclic) bond motifs is 1. The summed E-state index contributed by atoms with van der Waals surface area (Å²) in [5.41, 5.74) is 3.04. The maximum atomic E-state index is 13.6. The van der Waals surface area contributed by atoms with Gasteiger partial charge >= 0.3 is 13.2 Å². The summed E-state index contributed by atoms with van der Waals surface area (Å²) in [7, 11) is -5.09. The van der Waals surface area contributed by atoms with Gasteiger partial charge in [-0.15, -0.1) is 0 Å². The molecule has 5 rings (SSSR count). The van der Waals surface area contributed by atoms with E-state index in [2.05, 4.69) is 17.0 Å². The SMILES string of the molecule is CCCCOc1ccc(S(=O)(=O)Nc2ccc3c(c2)B(O)OC3)c(NC2CCN(C(=O)OCc3ccccc3)CC2)c1. The van der Waals surface area contributed by atoms with E-state index in [0.717, 1.165) is 24.0 Å². The molecule has 1 fully saturated rings. The first-order valence-electron chi connectivity index (χ1n) is 14.3. The molecule has 3 aromatic carbocycles. The first kappa shape index (κ1) is 29.7. The minimum Gasteiger partial charge on any atom is -0.494 e. The molecule has 3 N–H and O–H groups in total. The Morgan fingerprint density at radius 2 is 1.88 bits per heavy atom. The Balaban J connectivity index is 1.27. The number of carbonyl (C=O) groups excluding carboxylic acids is 1. The Labute approximate surface area is 247 Å². The van der Waals surface area contributed by atoms with Gasteiger partial charge in [0.1, 0.15) is 17.3 Å². The predicted molar refractivity (Wildman–Crippen MR) is 161 cm³/mol. The van der Waals surface area contributed by atoms with E-state index >= 15 is 0 Å². The number of likely N-dealkylation sites (tertiary alicyclic amines) is 1. The lowest BCUT2D eigenvalue weighted by molar-refractivity contribution is 0.0881. The zero-order valence-corrected chi connectivity index (χ0v) is 24.4. The van der Waals surface area contributed by atoms with E-state index in [1.54, 1.807) is 35.2 Å². The highest BCUT2D eigenvalue weighted by atomic mass is 32.2. The van der Waals surface area contributed by atoms with Crippen LogP contribution in [0.2, 0.25) is 0 Å². The van der Waals surface area contributed by atoms with Crippen LogP contribution in [-0.2, 0) is 32.6 Å². The number of nitrogens with zero attached hydrogens (tertiary/aromatic N) is 1. The molecule has 2 heterocycles. The van der Waals surface area contributed by atoms with Gasteiger partial charge in [0.05, 0.1) is 18.9 Å². The van der Waals surface area contributed by atoms with Crippen molar-refractivity contribution in [3.63, 3.8) is 0 Å². The van der Waals surface area contributed by atoms with Crippen LogP contribution in [-0.4, -0.2) is 57.3 Å². The maximum absolute atomic E-state index is 13.6. The van der Waals surface area contributed by atoms with E-state index in [9.17, 15) is 18.2 Å². The van der Waals surface area contributed by atoms with E-state index in [0.29, 0.717) is 55.1 Å². The lowest BCUT2D eigenvalue weighted by Gasteiger charge is -2.32. The van der Waals surface area contributed by atoms with Crippen LogP contribution in [0.3, 0.4) is 0 Å². The van der Waals surface area contributed by atoms with Gasteiger partial charge in [-0.25, -0.2) is 13.2 Å². The van der Waals surface area contributed by atoms with Crippen LogP contribution in [0.1, 0.15) is 43.7 Å². The summed E-state index contributed by atoms with van der Waals surface area (Å²) in [5, 5.41) is 13.4. The third kappa shape index (κ3) is 7.36. The third-order valence-corrected chi connectivity index (χ3v) is 8.83. The van der Waals surface area contributed by atoms with Gasteiger partial charge in [0, 0.05) is 30.9 Å². The zero-order valence-electron chi connectivity index (χ0n) is 23.6. The standard InChI is InChI=1S/C30H36BN3O7S/c1-2-3-17-39-26-11-12-29(42(37,38)33-25-10-9-23-21-41-31(36)27(23)18-25)28(19-26)32-24-13-15-34(16-14-24)30(35)40-20-22-7-5-4-6-8-22/h4-12,18-19,24,32-33,36H,2-3,13-17,20-21H2,1H3. The average Bonchev–Trinajstić information content (AvgIpc) is 3.36. The summed E-state index contributed by atoms with van der Waals surface area (Å²) in [4.78, 5) is 14.4. The highest BCUT2D eigenvalue weighted by molar-refractivity contribution is 7.92. The molecule has 42 heavy (non-hydrogen) atoms. The van der Waals surface area contributed by atoms with Crippen molar-refractivity contribution in [2.45, 2.75) is 56.8 Å². The number of piperidine rings is 1. The number of benzene rings is 3. The van der Waals surface area contributed by atoms with E-state index in [1.165, 1.54) is 6.07 Å². The van der Waals surface area contributed by atoms with Gasteiger partial charge in [-0.3, -0.25) is 4.72 Å². The molecule has 222 valence electrons. The number of rotatable bonds is 11. The van der Waals surface area contributed by atoms with Crippen LogP contribution in [0.4, 0.5) is 16.2 Å². The first-order chi connectivity index (χ1) is 20.3. The summed E-state index contributed by atoms with van der Waals surface area (Å²) >= 11 is 0. The molecular formula is C30H36BN3O7S. The quantitative estimate of drug-likeness (QED) is 0.224. The molecule has 0 saturated carbocycles. The van der Waals surface area contributed by atoms with Gasteiger partial charge in [-0.1, -0.05) is 49.7 Å². The zero-order chi connectivity index (χ0) is 29.5. The summed E-state index contributed by atoms with van der Waals surface area (Å²) < 4.78 is 46.4. The lowest BCUT2D eigenvalue weighted by Crippen LogP contribution is -2.42. The Morgan fingerprint density at radius 1 is 1.10 bits per heavy atom. The summed E-state index contributed by atoms with van der Waals surface area (Å²) in [6.07, 6.45) is 2.75. The van der Waals surface area contributed by atoms with Crippen molar-refractivity contribution in [1.29, 1.82) is 0 Å². The fourth-order valence-electron chi connectivity index (χ4n) is 5.01. The Kier molecular flexibility index (Phi) is 9.56. The number of carbonyl (C=O) groups is 1. The second-order valence-electron chi connectivity index (χ2n) is 10.5. The minimum absolute atomic E-state index is 0.0599. The number of hydrogen-bond donors (Lipinski definition) is 3. The normalized spacial score (nSPS) is 15.3. The highest BCUT2D eigenvalue weighted by Gasteiger charge is 2.29. The largest absolute Gasteiger partial charge is 0.494 e. The number of unbranched alkanes of at least 4 members (excludes halogenated alkanes) is 1. The van der Waals surface area contributed by atoms with Gasteiger partial charge in [-0.05, 0) is 60.1 Å². The second kappa shape index (κ2) is 13.5. The van der Waals surface area contributed by atoms with E-state index in [4.69, 9.17) is 14.1 Å². The molecule has 0 bridgehead atoms. The molecule has 0 unspecified atom stereocenters. The molecule has 0 aromatic heterocycles. The van der Waals surface area contributed by atoms with E-state index < -0.39 is 17.1 Å². The van der Waals surface area contributed by atoms with Crippen LogP contribution in [0.15, 0.2) is 71.6 Å². The third-order valence-electron chi connectivity index (χ3n) is 7.39. The van der Waals surface area contributed by atoms with E-state index in [1.807, 2.05) is 30.3 Å². The average molecular weight is 594 g/mol. The monoisotopic (exact) mass is 593 g/mol. The molecule has 2 aliphatic rings. The summed E-state index contributed by atoms with van der Waals surface area (Å²) in [6, 6.07) is 19.4. The van der Waals surface area contributed by atoms with Gasteiger partial charge < -0.3 is 29.4 Å². The molecular weight excluding hydrogens is 557 g/mol. The van der Waals surface area contributed by atoms with Crippen LogP contribution in [0.5, 0.6) is 5.75 Å². The van der Waals surface area contributed by atoms with Gasteiger partial charge in [0.2, 0.25) is 0 Å². The molecule has 0 radical (unpaired) electrons. The minimum atomic E-state index is -4.00. The lowest BCUT2D eigenvalue weighted by atomic mass is 9.79. The van der Waals surface area contributed by atoms with Gasteiger partial charge in [0.15, 0.2) is 0 Å². The fourth-order valence-corrected chi connectivity index (χ4v) is 6.21. The van der Waals surface area contributed by atoms with Crippen molar-refractivity contribution in [3.8, 4) is 5.75 Å². The Bertz CT molecular complexity index is 1480. The first-order valence-corrected chi connectivity index (χ1v) is 15.7. The van der Waals surface area contributed by atoms with Crippen molar-refractivity contribution in [1.82, 2.24) is 4.90 Å². The number of sulfonamides is 1. The topological polar surface area (TPSA) is 126 Å². The van der Waals surface area contributed by atoms with Crippen LogP contribution >= 0.6 is 0 Å².